The smallest absolute Gasteiger partial charge is 0.493 e. The average Bonchev–Trinajstić information content (AvgIpc) is 2.95. The minimum Gasteiger partial charge on any atom is -0.493 e. The van der Waals surface area contributed by atoms with Crippen molar-refractivity contribution in [1.82, 2.24) is 4.90 Å². The molecule has 1 saturated heterocycles. The van der Waals surface area contributed by atoms with Gasteiger partial charge in [0.2, 0.25) is 5.91 Å². The first-order chi connectivity index (χ1) is 12.7. The fourth-order valence-corrected chi connectivity index (χ4v) is 3.84. The van der Waals surface area contributed by atoms with Gasteiger partial charge in [-0.05, 0) is 44.9 Å². The molecular formula is C19H27NO6S. The quantitative estimate of drug-likeness (QED) is 0.395. The molecule has 27 heavy (non-hydrogen) atoms. The zero-order valence-electron chi connectivity index (χ0n) is 16.4. The Kier molecular flexibility index (Phi) is 7.38. The first-order valence-corrected chi connectivity index (χ1v) is 9.79. The van der Waals surface area contributed by atoms with Crippen molar-refractivity contribution in [2.24, 2.45) is 0 Å². The zero-order valence-corrected chi connectivity index (χ0v) is 17.3. The zero-order chi connectivity index (χ0) is 20.0. The molecule has 8 heteroatoms. The highest BCUT2D eigenvalue weighted by Crippen LogP contribution is 2.41. The van der Waals surface area contributed by atoms with Gasteiger partial charge in [0.15, 0.2) is 11.5 Å². The van der Waals surface area contributed by atoms with Crippen LogP contribution in [-0.4, -0.2) is 55.7 Å². The molecule has 2 rings (SSSR count). The van der Waals surface area contributed by atoms with E-state index in [1.165, 1.54) is 7.11 Å². The molecule has 1 aliphatic heterocycles. The molecule has 0 bridgehead atoms. The van der Waals surface area contributed by atoms with E-state index in [9.17, 15) is 9.59 Å². The summed E-state index contributed by atoms with van der Waals surface area (Å²) in [4.78, 5) is 25.9. The molecule has 1 atom stereocenters. The summed E-state index contributed by atoms with van der Waals surface area (Å²) in [6.07, 6.45) is -0.0174. The van der Waals surface area contributed by atoms with Gasteiger partial charge in [0, 0.05) is 20.3 Å². The third-order valence-electron chi connectivity index (χ3n) is 3.77. The minimum absolute atomic E-state index is 0.0983. The van der Waals surface area contributed by atoms with Crippen LogP contribution in [0.3, 0.4) is 0 Å². The largest absolute Gasteiger partial charge is 0.514 e. The van der Waals surface area contributed by atoms with Crippen molar-refractivity contribution >= 4 is 23.8 Å². The van der Waals surface area contributed by atoms with Crippen LogP contribution in [0.15, 0.2) is 18.2 Å². The monoisotopic (exact) mass is 397 g/mol. The average molecular weight is 397 g/mol. The molecule has 1 aromatic rings. The second-order valence-corrected chi connectivity index (χ2v) is 8.14. The van der Waals surface area contributed by atoms with Crippen LogP contribution in [0.4, 0.5) is 4.79 Å². The number of rotatable bonds is 7. The van der Waals surface area contributed by atoms with Crippen molar-refractivity contribution in [1.29, 1.82) is 0 Å². The molecule has 1 aliphatic rings. The maximum Gasteiger partial charge on any atom is 0.514 e. The van der Waals surface area contributed by atoms with Crippen molar-refractivity contribution in [2.45, 2.75) is 38.2 Å². The SMILES string of the molecule is COCCCN1C(=O)CSC1c1ccc(OC(=O)OC(C)(C)C)c(OC)c1. The van der Waals surface area contributed by atoms with Gasteiger partial charge in [-0.25, -0.2) is 4.79 Å². The Morgan fingerprint density at radius 3 is 2.63 bits per heavy atom. The molecule has 150 valence electrons. The molecular weight excluding hydrogens is 370 g/mol. The van der Waals surface area contributed by atoms with Crippen LogP contribution in [0.1, 0.15) is 38.1 Å². The fraction of sp³-hybridized carbons (Fsp3) is 0.579. The van der Waals surface area contributed by atoms with E-state index in [0.29, 0.717) is 24.7 Å². The Morgan fingerprint density at radius 1 is 1.26 bits per heavy atom. The summed E-state index contributed by atoms with van der Waals surface area (Å²) in [5.74, 6) is 1.23. The van der Waals surface area contributed by atoms with E-state index in [1.807, 2.05) is 11.0 Å². The van der Waals surface area contributed by atoms with Gasteiger partial charge in [-0.2, -0.15) is 0 Å². The highest BCUT2D eigenvalue weighted by atomic mass is 32.2. The molecule has 0 aromatic heterocycles. The number of amides is 1. The number of ether oxygens (including phenoxy) is 4. The number of carbonyl (C=O) groups is 2. The lowest BCUT2D eigenvalue weighted by Crippen LogP contribution is -2.29. The number of carbonyl (C=O) groups excluding carboxylic acids is 2. The second kappa shape index (κ2) is 9.32. The predicted molar refractivity (Wildman–Crippen MR) is 103 cm³/mol. The van der Waals surface area contributed by atoms with Gasteiger partial charge in [0.25, 0.3) is 0 Å². The second-order valence-electron chi connectivity index (χ2n) is 7.07. The predicted octanol–water partition coefficient (Wildman–Crippen LogP) is 3.62. The van der Waals surface area contributed by atoms with E-state index in [4.69, 9.17) is 18.9 Å². The molecule has 1 aromatic carbocycles. The summed E-state index contributed by atoms with van der Waals surface area (Å²) in [5, 5.41) is -0.0983. The number of hydrogen-bond donors (Lipinski definition) is 0. The van der Waals surface area contributed by atoms with Crippen LogP contribution in [0, 0.1) is 0 Å². The van der Waals surface area contributed by atoms with E-state index in [2.05, 4.69) is 0 Å². The molecule has 1 amide bonds. The van der Waals surface area contributed by atoms with Crippen molar-refractivity contribution < 1.29 is 28.5 Å². The first-order valence-electron chi connectivity index (χ1n) is 8.74. The maximum atomic E-state index is 12.2. The summed E-state index contributed by atoms with van der Waals surface area (Å²) in [5.41, 5.74) is 0.269. The standard InChI is InChI=1S/C19H27NO6S/c1-19(2,3)26-18(22)25-14-8-7-13(11-15(14)24-5)17-20(9-6-10-23-4)16(21)12-27-17/h7-8,11,17H,6,9-10,12H2,1-5H3. The van der Waals surface area contributed by atoms with Crippen molar-refractivity contribution in [2.75, 3.05) is 33.1 Å². The van der Waals surface area contributed by atoms with E-state index in [-0.39, 0.29) is 17.0 Å². The Bertz CT molecular complexity index is 673. The lowest BCUT2D eigenvalue weighted by Gasteiger charge is -2.25. The van der Waals surface area contributed by atoms with Crippen LogP contribution in [-0.2, 0) is 14.3 Å². The number of hydrogen-bond acceptors (Lipinski definition) is 7. The molecule has 0 spiro atoms. The Labute approximate surface area is 164 Å². The summed E-state index contributed by atoms with van der Waals surface area (Å²) in [6.45, 7) is 6.53. The summed E-state index contributed by atoms with van der Waals surface area (Å²) in [6, 6.07) is 5.29. The first kappa shape index (κ1) is 21.4. The molecule has 1 heterocycles. The molecule has 0 saturated carbocycles. The Balaban J connectivity index is 2.14. The van der Waals surface area contributed by atoms with Gasteiger partial charge in [-0.15, -0.1) is 11.8 Å². The molecule has 0 radical (unpaired) electrons. The van der Waals surface area contributed by atoms with Crippen LogP contribution in [0.2, 0.25) is 0 Å². The number of thioether (sulfide) groups is 1. The van der Waals surface area contributed by atoms with Gasteiger partial charge in [-0.3, -0.25) is 4.79 Å². The lowest BCUT2D eigenvalue weighted by atomic mass is 10.1. The minimum atomic E-state index is -0.792. The van der Waals surface area contributed by atoms with E-state index in [1.54, 1.807) is 51.8 Å². The van der Waals surface area contributed by atoms with E-state index >= 15 is 0 Å². The van der Waals surface area contributed by atoms with Crippen LogP contribution >= 0.6 is 11.8 Å². The van der Waals surface area contributed by atoms with Crippen molar-refractivity contribution in [3.05, 3.63) is 23.8 Å². The Hall–Kier alpha value is -1.93. The van der Waals surface area contributed by atoms with Crippen molar-refractivity contribution in [3.63, 3.8) is 0 Å². The van der Waals surface area contributed by atoms with Crippen LogP contribution in [0.25, 0.3) is 0 Å². The van der Waals surface area contributed by atoms with Gasteiger partial charge >= 0.3 is 6.16 Å². The number of methoxy groups -OCH3 is 2. The number of nitrogens with zero attached hydrogens (tertiary/aromatic N) is 1. The van der Waals surface area contributed by atoms with Gasteiger partial charge in [0.1, 0.15) is 11.0 Å². The molecule has 0 N–H and O–H groups in total. The van der Waals surface area contributed by atoms with Crippen LogP contribution < -0.4 is 9.47 Å². The topological polar surface area (TPSA) is 74.3 Å². The van der Waals surface area contributed by atoms with E-state index in [0.717, 1.165) is 12.0 Å². The van der Waals surface area contributed by atoms with E-state index < -0.39 is 11.8 Å². The van der Waals surface area contributed by atoms with Gasteiger partial charge in [0.05, 0.1) is 12.9 Å². The molecule has 0 aliphatic carbocycles. The highest BCUT2D eigenvalue weighted by Gasteiger charge is 2.33. The molecule has 1 fully saturated rings. The summed E-state index contributed by atoms with van der Waals surface area (Å²) < 4.78 is 20.9. The summed E-state index contributed by atoms with van der Waals surface area (Å²) >= 11 is 1.56. The van der Waals surface area contributed by atoms with Gasteiger partial charge in [-0.1, -0.05) is 6.07 Å². The van der Waals surface area contributed by atoms with Gasteiger partial charge < -0.3 is 23.8 Å². The molecule has 1 unspecified atom stereocenters. The maximum absolute atomic E-state index is 12.2. The normalized spacial score (nSPS) is 17.1. The van der Waals surface area contributed by atoms with Crippen LogP contribution in [0.5, 0.6) is 11.5 Å². The fourth-order valence-electron chi connectivity index (χ4n) is 2.63. The summed E-state index contributed by atoms with van der Waals surface area (Å²) in [7, 11) is 3.15. The molecule has 7 nitrogen and oxygen atoms in total. The third kappa shape index (κ3) is 6.04. The lowest BCUT2D eigenvalue weighted by molar-refractivity contribution is -0.128. The highest BCUT2D eigenvalue weighted by molar-refractivity contribution is 8.00. The van der Waals surface area contributed by atoms with Crippen molar-refractivity contribution in [3.8, 4) is 11.5 Å². The Morgan fingerprint density at radius 2 is 2.00 bits per heavy atom. The third-order valence-corrected chi connectivity index (χ3v) is 5.03. The number of benzene rings is 1.